The SMILES string of the molecule is CCc1nnc2c(C(N)=O)cccn12. The number of aromatic nitrogens is 3. The molecule has 0 radical (unpaired) electrons. The Morgan fingerprint density at radius 1 is 1.57 bits per heavy atom. The van der Waals surface area contributed by atoms with Gasteiger partial charge in [-0.3, -0.25) is 9.20 Å². The molecular formula is C9H10N4O. The van der Waals surface area contributed by atoms with Crippen LogP contribution in [0.15, 0.2) is 18.3 Å². The number of carbonyl (C=O) groups excluding carboxylic acids is 1. The van der Waals surface area contributed by atoms with Crippen molar-refractivity contribution in [3.63, 3.8) is 0 Å². The smallest absolute Gasteiger partial charge is 0.252 e. The predicted molar refractivity (Wildman–Crippen MR) is 50.9 cm³/mol. The molecule has 0 aliphatic heterocycles. The minimum Gasteiger partial charge on any atom is -0.365 e. The molecule has 0 aromatic carbocycles. The van der Waals surface area contributed by atoms with Crippen molar-refractivity contribution in [1.82, 2.24) is 14.6 Å². The van der Waals surface area contributed by atoms with Gasteiger partial charge in [0.25, 0.3) is 5.91 Å². The van der Waals surface area contributed by atoms with Crippen LogP contribution in [0.2, 0.25) is 0 Å². The lowest BCUT2D eigenvalue weighted by Gasteiger charge is -1.98. The highest BCUT2D eigenvalue weighted by molar-refractivity contribution is 5.98. The second kappa shape index (κ2) is 3.10. The van der Waals surface area contributed by atoms with Gasteiger partial charge in [0, 0.05) is 12.6 Å². The molecule has 0 unspecified atom stereocenters. The maximum atomic E-state index is 11.1. The van der Waals surface area contributed by atoms with E-state index in [0.29, 0.717) is 11.2 Å². The molecule has 0 fully saturated rings. The van der Waals surface area contributed by atoms with Crippen molar-refractivity contribution in [2.24, 2.45) is 5.73 Å². The number of primary amides is 1. The van der Waals surface area contributed by atoms with Gasteiger partial charge >= 0.3 is 0 Å². The summed E-state index contributed by atoms with van der Waals surface area (Å²) in [6.45, 7) is 1.98. The molecule has 2 N–H and O–H groups in total. The van der Waals surface area contributed by atoms with E-state index in [1.165, 1.54) is 0 Å². The molecule has 0 saturated heterocycles. The second-order valence-electron chi connectivity index (χ2n) is 2.95. The number of carbonyl (C=O) groups is 1. The summed E-state index contributed by atoms with van der Waals surface area (Å²) in [4.78, 5) is 11.1. The summed E-state index contributed by atoms with van der Waals surface area (Å²) in [5, 5.41) is 7.88. The van der Waals surface area contributed by atoms with Gasteiger partial charge in [-0.25, -0.2) is 0 Å². The monoisotopic (exact) mass is 190 g/mol. The molecular weight excluding hydrogens is 180 g/mol. The van der Waals surface area contributed by atoms with Crippen LogP contribution in [0.4, 0.5) is 0 Å². The number of hydrogen-bond donors (Lipinski definition) is 1. The lowest BCUT2D eigenvalue weighted by atomic mass is 10.2. The molecule has 2 rings (SSSR count). The fraction of sp³-hybridized carbons (Fsp3) is 0.222. The molecule has 2 heterocycles. The summed E-state index contributed by atoms with van der Waals surface area (Å²) >= 11 is 0. The minimum atomic E-state index is -0.481. The first-order valence-corrected chi connectivity index (χ1v) is 4.36. The van der Waals surface area contributed by atoms with E-state index in [2.05, 4.69) is 10.2 Å². The Labute approximate surface area is 80.6 Å². The highest BCUT2D eigenvalue weighted by Crippen LogP contribution is 2.09. The second-order valence-corrected chi connectivity index (χ2v) is 2.95. The van der Waals surface area contributed by atoms with Crippen LogP contribution >= 0.6 is 0 Å². The van der Waals surface area contributed by atoms with E-state index in [9.17, 15) is 4.79 Å². The minimum absolute atomic E-state index is 0.403. The zero-order chi connectivity index (χ0) is 10.1. The molecule has 5 heteroatoms. The van der Waals surface area contributed by atoms with Crippen molar-refractivity contribution >= 4 is 11.6 Å². The topological polar surface area (TPSA) is 73.3 Å². The Kier molecular flexibility index (Phi) is 1.92. The van der Waals surface area contributed by atoms with Crippen LogP contribution in [-0.4, -0.2) is 20.5 Å². The maximum Gasteiger partial charge on any atom is 0.252 e. The Morgan fingerprint density at radius 2 is 2.36 bits per heavy atom. The number of hydrogen-bond acceptors (Lipinski definition) is 3. The average Bonchev–Trinajstić information content (AvgIpc) is 2.59. The number of fused-ring (bicyclic) bond motifs is 1. The zero-order valence-electron chi connectivity index (χ0n) is 7.77. The zero-order valence-corrected chi connectivity index (χ0v) is 7.77. The molecule has 2 aromatic rings. The van der Waals surface area contributed by atoms with Gasteiger partial charge in [-0.1, -0.05) is 6.92 Å². The number of nitrogens with two attached hydrogens (primary N) is 1. The highest BCUT2D eigenvalue weighted by Gasteiger charge is 2.10. The van der Waals surface area contributed by atoms with Crippen LogP contribution in [0.3, 0.4) is 0 Å². The molecule has 5 nitrogen and oxygen atoms in total. The molecule has 0 saturated carbocycles. The summed E-state index contributed by atoms with van der Waals surface area (Å²) in [5.41, 5.74) is 6.14. The molecule has 1 amide bonds. The van der Waals surface area contributed by atoms with E-state index in [-0.39, 0.29) is 0 Å². The van der Waals surface area contributed by atoms with Crippen LogP contribution < -0.4 is 5.73 Å². The largest absolute Gasteiger partial charge is 0.365 e. The predicted octanol–water partition coefficient (Wildman–Crippen LogP) is 0.391. The first-order valence-electron chi connectivity index (χ1n) is 4.36. The highest BCUT2D eigenvalue weighted by atomic mass is 16.1. The summed E-state index contributed by atoms with van der Waals surface area (Å²) in [6, 6.07) is 3.40. The molecule has 0 spiro atoms. The van der Waals surface area contributed by atoms with E-state index in [0.717, 1.165) is 12.2 Å². The third-order valence-electron chi connectivity index (χ3n) is 2.09. The van der Waals surface area contributed by atoms with Gasteiger partial charge in [0.2, 0.25) is 0 Å². The molecule has 14 heavy (non-hydrogen) atoms. The van der Waals surface area contributed by atoms with Gasteiger partial charge < -0.3 is 5.73 Å². The van der Waals surface area contributed by atoms with Crippen LogP contribution in [0.5, 0.6) is 0 Å². The fourth-order valence-electron chi connectivity index (χ4n) is 1.40. The van der Waals surface area contributed by atoms with E-state index >= 15 is 0 Å². The molecule has 2 aromatic heterocycles. The Bertz CT molecular complexity index is 489. The van der Waals surface area contributed by atoms with Crippen LogP contribution in [-0.2, 0) is 6.42 Å². The molecule has 0 aliphatic rings. The van der Waals surface area contributed by atoms with E-state index in [1.54, 1.807) is 16.5 Å². The van der Waals surface area contributed by atoms with Crippen LogP contribution in [0.25, 0.3) is 5.65 Å². The number of pyridine rings is 1. The average molecular weight is 190 g/mol. The summed E-state index contributed by atoms with van der Waals surface area (Å²) in [6.07, 6.45) is 2.59. The van der Waals surface area contributed by atoms with E-state index < -0.39 is 5.91 Å². The molecule has 0 aliphatic carbocycles. The third-order valence-corrected chi connectivity index (χ3v) is 2.09. The standard InChI is InChI=1S/C9H10N4O/c1-2-7-11-12-9-6(8(10)14)4-3-5-13(7)9/h3-5H,2H2,1H3,(H2,10,14). The lowest BCUT2D eigenvalue weighted by molar-refractivity contribution is 0.100. The molecule has 0 bridgehead atoms. The molecule has 72 valence electrons. The fourth-order valence-corrected chi connectivity index (χ4v) is 1.40. The van der Waals surface area contributed by atoms with Gasteiger partial charge in [-0.05, 0) is 12.1 Å². The summed E-state index contributed by atoms with van der Waals surface area (Å²) in [5.74, 6) is 0.341. The summed E-state index contributed by atoms with van der Waals surface area (Å²) < 4.78 is 1.78. The first kappa shape index (κ1) is 8.68. The van der Waals surface area contributed by atoms with Crippen molar-refractivity contribution in [2.75, 3.05) is 0 Å². The van der Waals surface area contributed by atoms with E-state index in [4.69, 9.17) is 5.73 Å². The van der Waals surface area contributed by atoms with Gasteiger partial charge in [0.15, 0.2) is 5.65 Å². The van der Waals surface area contributed by atoms with Crippen LogP contribution in [0, 0.1) is 0 Å². The van der Waals surface area contributed by atoms with Crippen molar-refractivity contribution < 1.29 is 4.79 Å². The number of aryl methyl sites for hydroxylation is 1. The lowest BCUT2D eigenvalue weighted by Crippen LogP contribution is -2.12. The number of rotatable bonds is 2. The maximum absolute atomic E-state index is 11.1. The van der Waals surface area contributed by atoms with Gasteiger partial charge in [0.1, 0.15) is 5.82 Å². The Balaban J connectivity index is 2.76. The molecule has 0 atom stereocenters. The Morgan fingerprint density at radius 3 is 3.00 bits per heavy atom. The first-order chi connectivity index (χ1) is 6.74. The summed E-state index contributed by atoms with van der Waals surface area (Å²) in [7, 11) is 0. The van der Waals surface area contributed by atoms with E-state index in [1.807, 2.05) is 13.1 Å². The number of nitrogens with zero attached hydrogens (tertiary/aromatic N) is 3. The van der Waals surface area contributed by atoms with Gasteiger partial charge in [-0.2, -0.15) is 0 Å². The van der Waals surface area contributed by atoms with Gasteiger partial charge in [0.05, 0.1) is 5.56 Å². The number of amides is 1. The van der Waals surface area contributed by atoms with Crippen molar-refractivity contribution in [1.29, 1.82) is 0 Å². The van der Waals surface area contributed by atoms with Crippen molar-refractivity contribution in [3.05, 3.63) is 29.7 Å². The van der Waals surface area contributed by atoms with Crippen molar-refractivity contribution in [3.8, 4) is 0 Å². The quantitative estimate of drug-likeness (QED) is 0.744. The third kappa shape index (κ3) is 1.14. The van der Waals surface area contributed by atoms with Gasteiger partial charge in [-0.15, -0.1) is 10.2 Å². The van der Waals surface area contributed by atoms with Crippen LogP contribution in [0.1, 0.15) is 23.1 Å². The normalized spacial score (nSPS) is 10.6. The van der Waals surface area contributed by atoms with Crippen molar-refractivity contribution in [2.45, 2.75) is 13.3 Å². The Hall–Kier alpha value is -1.91.